The third kappa shape index (κ3) is 2.98. The molecule has 1 aliphatic heterocycles. The molecular weight excluding hydrogens is 260 g/mol. The van der Waals surface area contributed by atoms with E-state index in [0.29, 0.717) is 6.42 Å². The van der Waals surface area contributed by atoms with E-state index in [1.54, 1.807) is 0 Å². The van der Waals surface area contributed by atoms with E-state index < -0.39 is 6.04 Å². The summed E-state index contributed by atoms with van der Waals surface area (Å²) in [6.45, 7) is 0.762. The Morgan fingerprint density at radius 2 is 1.81 bits per heavy atom. The zero-order chi connectivity index (χ0) is 14.7. The summed E-state index contributed by atoms with van der Waals surface area (Å²) in [5.41, 5.74) is 9.51. The van der Waals surface area contributed by atoms with E-state index in [9.17, 15) is 4.79 Å². The molecule has 108 valence electrons. The molecule has 0 aromatic heterocycles. The predicted molar refractivity (Wildman–Crippen MR) is 85.2 cm³/mol. The van der Waals surface area contributed by atoms with E-state index in [4.69, 9.17) is 5.73 Å². The Morgan fingerprint density at radius 1 is 1.10 bits per heavy atom. The predicted octanol–water partition coefficient (Wildman–Crippen LogP) is 2.54. The summed E-state index contributed by atoms with van der Waals surface area (Å²) in [6, 6.07) is 17.6. The maximum atomic E-state index is 12.7. The van der Waals surface area contributed by atoms with E-state index in [2.05, 4.69) is 6.07 Å². The van der Waals surface area contributed by atoms with E-state index >= 15 is 0 Å². The van der Waals surface area contributed by atoms with Gasteiger partial charge in [-0.05, 0) is 36.5 Å². The van der Waals surface area contributed by atoms with Gasteiger partial charge in [0.2, 0.25) is 5.91 Å². The fraction of sp³-hybridized carbons (Fsp3) is 0.278. The van der Waals surface area contributed by atoms with Crippen LogP contribution in [0.5, 0.6) is 0 Å². The standard InChI is InChI=1S/C18H20N2O/c19-16(13-14-7-2-1-3-8-14)18(21)20-12-6-10-15-9-4-5-11-17(15)20/h1-5,7-9,11,16H,6,10,12-13,19H2/t16-/m1/s1. The van der Waals surface area contributed by atoms with Crippen molar-refractivity contribution in [1.29, 1.82) is 0 Å². The van der Waals surface area contributed by atoms with Gasteiger partial charge in [-0.1, -0.05) is 48.5 Å². The second-order valence-corrected chi connectivity index (χ2v) is 5.52. The normalized spacial score (nSPS) is 15.4. The lowest BCUT2D eigenvalue weighted by molar-refractivity contribution is -0.119. The molecule has 3 heteroatoms. The number of rotatable bonds is 3. The first-order valence-electron chi connectivity index (χ1n) is 7.44. The maximum absolute atomic E-state index is 12.7. The minimum atomic E-state index is -0.487. The van der Waals surface area contributed by atoms with Gasteiger partial charge in [-0.3, -0.25) is 4.79 Å². The highest BCUT2D eigenvalue weighted by Crippen LogP contribution is 2.27. The molecule has 0 aliphatic carbocycles. The Labute approximate surface area is 125 Å². The fourth-order valence-corrected chi connectivity index (χ4v) is 2.92. The Kier molecular flexibility index (Phi) is 4.02. The number of anilines is 1. The van der Waals surface area contributed by atoms with Crippen LogP contribution in [-0.4, -0.2) is 18.5 Å². The van der Waals surface area contributed by atoms with Crippen molar-refractivity contribution in [2.75, 3.05) is 11.4 Å². The SMILES string of the molecule is N[C@H](Cc1ccccc1)C(=O)N1CCCc2ccccc21. The third-order valence-corrected chi connectivity index (χ3v) is 3.99. The molecule has 0 radical (unpaired) electrons. The van der Waals surface area contributed by atoms with Crippen molar-refractivity contribution in [3.8, 4) is 0 Å². The largest absolute Gasteiger partial charge is 0.320 e. The number of fused-ring (bicyclic) bond motifs is 1. The molecule has 0 fully saturated rings. The van der Waals surface area contributed by atoms with Gasteiger partial charge in [0.1, 0.15) is 0 Å². The molecule has 0 saturated heterocycles. The monoisotopic (exact) mass is 280 g/mol. The summed E-state index contributed by atoms with van der Waals surface area (Å²) in [7, 11) is 0. The van der Waals surface area contributed by atoms with Crippen LogP contribution < -0.4 is 10.6 Å². The summed E-state index contributed by atoms with van der Waals surface area (Å²) in [5.74, 6) is 0.0194. The molecule has 0 spiro atoms. The first-order chi connectivity index (χ1) is 10.3. The first kappa shape index (κ1) is 13.8. The first-order valence-corrected chi connectivity index (χ1v) is 7.44. The molecule has 0 saturated carbocycles. The molecule has 2 aromatic rings. The van der Waals surface area contributed by atoms with Crippen LogP contribution in [0.3, 0.4) is 0 Å². The minimum absolute atomic E-state index is 0.0194. The molecule has 3 nitrogen and oxygen atoms in total. The number of carbonyl (C=O) groups is 1. The van der Waals surface area contributed by atoms with Crippen molar-refractivity contribution in [3.05, 3.63) is 65.7 Å². The highest BCUT2D eigenvalue weighted by atomic mass is 16.2. The molecule has 21 heavy (non-hydrogen) atoms. The van der Waals surface area contributed by atoms with Crippen LogP contribution in [0.15, 0.2) is 54.6 Å². The Hall–Kier alpha value is -2.13. The molecule has 2 aromatic carbocycles. The van der Waals surface area contributed by atoms with Crippen LogP contribution in [0.2, 0.25) is 0 Å². The summed E-state index contributed by atoms with van der Waals surface area (Å²) in [4.78, 5) is 14.5. The lowest BCUT2D eigenvalue weighted by atomic mass is 9.99. The van der Waals surface area contributed by atoms with Crippen LogP contribution in [-0.2, 0) is 17.6 Å². The van der Waals surface area contributed by atoms with Gasteiger partial charge in [0.05, 0.1) is 6.04 Å². The van der Waals surface area contributed by atoms with Gasteiger partial charge in [0.15, 0.2) is 0 Å². The van der Waals surface area contributed by atoms with E-state index in [1.165, 1.54) is 5.56 Å². The topological polar surface area (TPSA) is 46.3 Å². The van der Waals surface area contributed by atoms with Gasteiger partial charge in [0.25, 0.3) is 0 Å². The summed E-state index contributed by atoms with van der Waals surface area (Å²) < 4.78 is 0. The maximum Gasteiger partial charge on any atom is 0.244 e. The molecule has 1 atom stereocenters. The van der Waals surface area contributed by atoms with Gasteiger partial charge in [-0.15, -0.1) is 0 Å². The van der Waals surface area contributed by atoms with Gasteiger partial charge >= 0.3 is 0 Å². The van der Waals surface area contributed by atoms with Gasteiger partial charge in [0, 0.05) is 12.2 Å². The van der Waals surface area contributed by atoms with Crippen molar-refractivity contribution in [2.24, 2.45) is 5.73 Å². The molecular formula is C18H20N2O. The Bertz CT molecular complexity index is 624. The van der Waals surface area contributed by atoms with Crippen molar-refractivity contribution in [2.45, 2.75) is 25.3 Å². The van der Waals surface area contributed by atoms with Crippen molar-refractivity contribution < 1.29 is 4.79 Å². The molecule has 1 aliphatic rings. The Morgan fingerprint density at radius 3 is 2.62 bits per heavy atom. The van der Waals surface area contributed by atoms with Crippen molar-refractivity contribution in [1.82, 2.24) is 0 Å². The van der Waals surface area contributed by atoms with Crippen LogP contribution in [0, 0.1) is 0 Å². The second-order valence-electron chi connectivity index (χ2n) is 5.52. The van der Waals surface area contributed by atoms with Gasteiger partial charge < -0.3 is 10.6 Å². The number of benzene rings is 2. The van der Waals surface area contributed by atoms with Crippen LogP contribution >= 0.6 is 0 Å². The molecule has 0 unspecified atom stereocenters. The van der Waals surface area contributed by atoms with E-state index in [0.717, 1.165) is 30.6 Å². The fourth-order valence-electron chi connectivity index (χ4n) is 2.92. The quantitative estimate of drug-likeness (QED) is 0.939. The lowest BCUT2D eigenvalue weighted by Gasteiger charge is -2.31. The molecule has 1 amide bonds. The third-order valence-electron chi connectivity index (χ3n) is 3.99. The number of hydrogen-bond donors (Lipinski definition) is 1. The van der Waals surface area contributed by atoms with Crippen LogP contribution in [0.25, 0.3) is 0 Å². The molecule has 1 heterocycles. The van der Waals surface area contributed by atoms with Gasteiger partial charge in [-0.25, -0.2) is 0 Å². The number of nitrogens with zero attached hydrogens (tertiary/aromatic N) is 1. The molecule has 0 bridgehead atoms. The Balaban J connectivity index is 1.77. The summed E-state index contributed by atoms with van der Waals surface area (Å²) >= 11 is 0. The van der Waals surface area contributed by atoms with Crippen LogP contribution in [0.1, 0.15) is 17.5 Å². The zero-order valence-corrected chi connectivity index (χ0v) is 12.0. The summed E-state index contributed by atoms with van der Waals surface area (Å²) in [6.07, 6.45) is 2.62. The number of para-hydroxylation sites is 1. The number of carbonyl (C=O) groups excluding carboxylic acids is 1. The highest BCUT2D eigenvalue weighted by molar-refractivity contribution is 5.98. The number of amides is 1. The number of aryl methyl sites for hydroxylation is 1. The molecule has 3 rings (SSSR count). The van der Waals surface area contributed by atoms with E-state index in [-0.39, 0.29) is 5.91 Å². The minimum Gasteiger partial charge on any atom is -0.320 e. The number of hydrogen-bond acceptors (Lipinski definition) is 2. The highest BCUT2D eigenvalue weighted by Gasteiger charge is 2.26. The average Bonchev–Trinajstić information content (AvgIpc) is 2.54. The van der Waals surface area contributed by atoms with E-state index in [1.807, 2.05) is 53.4 Å². The van der Waals surface area contributed by atoms with Crippen molar-refractivity contribution in [3.63, 3.8) is 0 Å². The van der Waals surface area contributed by atoms with Crippen molar-refractivity contribution >= 4 is 11.6 Å². The number of nitrogens with two attached hydrogens (primary N) is 1. The van der Waals surface area contributed by atoms with Gasteiger partial charge in [-0.2, -0.15) is 0 Å². The van der Waals surface area contributed by atoms with Crippen LogP contribution in [0.4, 0.5) is 5.69 Å². The average molecular weight is 280 g/mol. The molecule has 2 N–H and O–H groups in total. The summed E-state index contributed by atoms with van der Waals surface area (Å²) in [5, 5.41) is 0. The lowest BCUT2D eigenvalue weighted by Crippen LogP contribution is -2.47. The smallest absolute Gasteiger partial charge is 0.244 e. The second kappa shape index (κ2) is 6.10. The zero-order valence-electron chi connectivity index (χ0n) is 12.0.